The van der Waals surface area contributed by atoms with E-state index in [1.807, 2.05) is 32.9 Å². The molecule has 3 aromatic rings. The summed E-state index contributed by atoms with van der Waals surface area (Å²) >= 11 is 9.53. The number of esters is 1. The Morgan fingerprint density at radius 3 is 2.69 bits per heavy atom. The van der Waals surface area contributed by atoms with Crippen LogP contribution in [0.5, 0.6) is 0 Å². The van der Waals surface area contributed by atoms with E-state index in [0.717, 1.165) is 71.6 Å². The number of thiophene rings is 1. The fourth-order valence-corrected chi connectivity index (χ4v) is 9.20. The fraction of sp³-hybridized carbons (Fsp3) is 0.559. The zero-order valence-electron chi connectivity index (χ0n) is 28.0. The maximum absolute atomic E-state index is 14.2. The molecule has 0 aromatic carbocycles. The molecule has 6 heterocycles. The molecule has 11 nitrogen and oxygen atoms in total. The number of halogens is 1. The van der Waals surface area contributed by atoms with E-state index >= 15 is 0 Å². The van der Waals surface area contributed by atoms with Crippen LogP contribution >= 0.6 is 34.7 Å². The van der Waals surface area contributed by atoms with E-state index in [1.165, 1.54) is 23.1 Å². The van der Waals surface area contributed by atoms with Gasteiger partial charge in [-0.25, -0.2) is 14.6 Å². The van der Waals surface area contributed by atoms with Crippen molar-refractivity contribution < 1.29 is 28.2 Å². The Bertz CT molecular complexity index is 1720. The third kappa shape index (κ3) is 7.69. The molecule has 2 fully saturated rings. The molecular formula is C34H42ClN5O6S2. The van der Waals surface area contributed by atoms with Crippen molar-refractivity contribution in [1.82, 2.24) is 25.4 Å². The summed E-state index contributed by atoms with van der Waals surface area (Å²) in [5, 5.41) is 14.0. The quantitative estimate of drug-likeness (QED) is 0.172. The van der Waals surface area contributed by atoms with Gasteiger partial charge in [0, 0.05) is 49.0 Å². The van der Waals surface area contributed by atoms with E-state index in [4.69, 9.17) is 30.2 Å². The lowest BCUT2D eigenvalue weighted by molar-refractivity contribution is -0.138. The molecule has 1 N–H and O–H groups in total. The first-order valence-electron chi connectivity index (χ1n) is 16.5. The Labute approximate surface area is 293 Å². The number of dihydropyridines is 1. The molecule has 2 saturated heterocycles. The largest absolute Gasteiger partial charge is 0.463 e. The zero-order chi connectivity index (χ0) is 34.0. The van der Waals surface area contributed by atoms with Gasteiger partial charge < -0.3 is 23.9 Å². The Balaban J connectivity index is 1.49. The van der Waals surface area contributed by atoms with Crippen LogP contribution in [0.25, 0.3) is 15.7 Å². The van der Waals surface area contributed by atoms with Gasteiger partial charge in [-0.05, 0) is 89.7 Å². The molecule has 258 valence electrons. The topological polar surface area (TPSA) is 129 Å². The van der Waals surface area contributed by atoms with Gasteiger partial charge in [0.15, 0.2) is 0 Å². The van der Waals surface area contributed by atoms with Gasteiger partial charge in [0.2, 0.25) is 11.8 Å². The van der Waals surface area contributed by atoms with Crippen molar-refractivity contribution in [1.29, 1.82) is 0 Å². The molecule has 6 rings (SSSR count). The van der Waals surface area contributed by atoms with Crippen LogP contribution in [-0.4, -0.2) is 69.5 Å². The van der Waals surface area contributed by atoms with Crippen molar-refractivity contribution in [2.75, 3.05) is 26.4 Å². The number of hydrogen-bond acceptors (Lipinski definition) is 12. The number of aromatic nitrogens is 3. The van der Waals surface area contributed by atoms with Crippen molar-refractivity contribution in [3.05, 3.63) is 56.4 Å². The Morgan fingerprint density at radius 2 is 2.00 bits per heavy atom. The molecule has 48 heavy (non-hydrogen) atoms. The number of thioether (sulfide) groups is 1. The highest BCUT2D eigenvalue weighted by molar-refractivity contribution is 8.03. The number of ether oxygens (including phenoxy) is 3. The van der Waals surface area contributed by atoms with Crippen LogP contribution in [0.3, 0.4) is 0 Å². The van der Waals surface area contributed by atoms with Gasteiger partial charge in [-0.3, -0.25) is 4.90 Å². The summed E-state index contributed by atoms with van der Waals surface area (Å²) in [7, 11) is 0. The first-order chi connectivity index (χ1) is 23.0. The summed E-state index contributed by atoms with van der Waals surface area (Å²) in [4.78, 5) is 34.4. The Morgan fingerprint density at radius 1 is 1.21 bits per heavy atom. The van der Waals surface area contributed by atoms with Crippen LogP contribution in [0.2, 0.25) is 5.15 Å². The van der Waals surface area contributed by atoms with E-state index in [9.17, 15) is 9.59 Å². The molecule has 3 aliphatic heterocycles. The number of aryl methyl sites for hydroxylation is 1. The van der Waals surface area contributed by atoms with Crippen LogP contribution in [0.15, 0.2) is 39.0 Å². The summed E-state index contributed by atoms with van der Waals surface area (Å²) in [6.45, 7) is 11.4. The number of likely N-dealkylation sites (tertiary alicyclic amines) is 1. The number of allylic oxidation sites excluding steroid dienone is 2. The van der Waals surface area contributed by atoms with E-state index in [0.29, 0.717) is 46.4 Å². The molecule has 1 amide bonds. The number of pyridine rings is 1. The van der Waals surface area contributed by atoms with Crippen molar-refractivity contribution in [3.63, 3.8) is 0 Å². The molecule has 0 radical (unpaired) electrons. The molecular weight excluding hydrogens is 674 g/mol. The monoisotopic (exact) mass is 715 g/mol. The number of fused-ring (bicyclic) bond motifs is 1. The third-order valence-electron chi connectivity index (χ3n) is 8.58. The Hall–Kier alpha value is -3.13. The minimum absolute atomic E-state index is 0.192. The predicted molar refractivity (Wildman–Crippen MR) is 186 cm³/mol. The highest BCUT2D eigenvalue weighted by Crippen LogP contribution is 2.51. The molecule has 14 heteroatoms. The lowest BCUT2D eigenvalue weighted by atomic mass is 9.83. The van der Waals surface area contributed by atoms with E-state index in [2.05, 4.69) is 20.5 Å². The molecule has 2 unspecified atom stereocenters. The van der Waals surface area contributed by atoms with Gasteiger partial charge in [0.25, 0.3) is 0 Å². The summed E-state index contributed by atoms with van der Waals surface area (Å²) in [5.41, 5.74) is 1.43. The highest BCUT2D eigenvalue weighted by Gasteiger charge is 2.42. The predicted octanol–water partition coefficient (Wildman–Crippen LogP) is 7.81. The second kappa shape index (κ2) is 14.8. The second-order valence-electron chi connectivity index (χ2n) is 13.2. The summed E-state index contributed by atoms with van der Waals surface area (Å²) in [5.74, 6) is 0.191. The number of hydrogen-bond donors (Lipinski definition) is 1. The molecule has 2 atom stereocenters. The van der Waals surface area contributed by atoms with Gasteiger partial charge in [0.05, 0.1) is 33.2 Å². The lowest BCUT2D eigenvalue weighted by Crippen LogP contribution is -2.39. The van der Waals surface area contributed by atoms with Crippen molar-refractivity contribution in [2.45, 2.75) is 90.0 Å². The number of rotatable bonds is 9. The van der Waals surface area contributed by atoms with Crippen LogP contribution in [0, 0.1) is 12.8 Å². The average Bonchev–Trinajstić information content (AvgIpc) is 3.80. The maximum atomic E-state index is 14.2. The van der Waals surface area contributed by atoms with Gasteiger partial charge in [0.1, 0.15) is 10.8 Å². The lowest BCUT2D eigenvalue weighted by Gasteiger charge is -2.34. The van der Waals surface area contributed by atoms with Crippen LogP contribution < -0.4 is 5.32 Å². The average molecular weight is 716 g/mol. The van der Waals surface area contributed by atoms with Gasteiger partial charge in [-0.2, -0.15) is 0 Å². The minimum Gasteiger partial charge on any atom is -0.463 e. The number of carbonyl (C=O) groups is 2. The summed E-state index contributed by atoms with van der Waals surface area (Å²) in [6.07, 6.45) is 6.46. The molecule has 3 aromatic heterocycles. The van der Waals surface area contributed by atoms with Crippen LogP contribution in [0.1, 0.15) is 88.8 Å². The highest BCUT2D eigenvalue weighted by atomic mass is 35.5. The fourth-order valence-electron chi connectivity index (χ4n) is 6.37. The Kier molecular flexibility index (Phi) is 10.7. The molecule has 0 saturated carbocycles. The van der Waals surface area contributed by atoms with Gasteiger partial charge >= 0.3 is 12.1 Å². The van der Waals surface area contributed by atoms with Gasteiger partial charge in [-0.1, -0.05) is 23.4 Å². The third-order valence-corrected chi connectivity index (χ3v) is 11.5. The number of amides is 1. The van der Waals surface area contributed by atoms with Crippen molar-refractivity contribution in [2.24, 2.45) is 5.92 Å². The SMILES string of the molecule is CCOC(=O)C1=C(SC2CCCN2C(=O)OC(C)(C)C)NC(CCC2CCOCC2)=C(c2nnc(C)o2)C1c1cc2ccnc(Cl)c2s1. The molecule has 0 bridgehead atoms. The van der Waals surface area contributed by atoms with Crippen LogP contribution in [0.4, 0.5) is 4.79 Å². The number of carbonyl (C=O) groups excluding carboxylic acids is 2. The molecule has 0 spiro atoms. The summed E-state index contributed by atoms with van der Waals surface area (Å²) in [6, 6.07) is 3.96. The smallest absolute Gasteiger partial charge is 0.411 e. The van der Waals surface area contributed by atoms with Crippen molar-refractivity contribution in [3.8, 4) is 0 Å². The number of nitrogens with one attached hydrogen (secondary N) is 1. The first kappa shape index (κ1) is 34.7. The summed E-state index contributed by atoms with van der Waals surface area (Å²) < 4.78 is 24.1. The van der Waals surface area contributed by atoms with Crippen LogP contribution in [-0.2, 0) is 19.0 Å². The normalized spacial score (nSPS) is 20.8. The standard InChI is InChI=1S/C34H42ClN5O6S2/c1-6-44-32(41)27-26(23-18-21-11-14-36-29(35)28(21)47-23)25(30-39-38-19(2)45-30)22(10-9-20-12-16-43-17-13-20)37-31(27)48-24-8-7-15-40(24)33(42)46-34(3,4)5/h11,14,18,20,24,26,37H,6-10,12-13,15-17H2,1-5H3. The van der Waals surface area contributed by atoms with E-state index in [-0.39, 0.29) is 18.1 Å². The van der Waals surface area contributed by atoms with E-state index in [1.54, 1.807) is 24.9 Å². The zero-order valence-corrected chi connectivity index (χ0v) is 30.4. The minimum atomic E-state index is -0.632. The molecule has 0 aliphatic carbocycles. The maximum Gasteiger partial charge on any atom is 0.411 e. The van der Waals surface area contributed by atoms with E-state index < -0.39 is 17.5 Å². The first-order valence-corrected chi connectivity index (χ1v) is 18.6. The van der Waals surface area contributed by atoms with Crippen molar-refractivity contribution >= 4 is 62.4 Å². The second-order valence-corrected chi connectivity index (χ2v) is 15.8. The molecule has 3 aliphatic rings. The number of nitrogens with zero attached hydrogens (tertiary/aromatic N) is 4. The van der Waals surface area contributed by atoms with Gasteiger partial charge in [-0.15, -0.1) is 21.5 Å².